The van der Waals surface area contributed by atoms with E-state index in [2.05, 4.69) is 16.8 Å². The van der Waals surface area contributed by atoms with Gasteiger partial charge in [0.25, 0.3) is 0 Å². The van der Waals surface area contributed by atoms with Crippen molar-refractivity contribution in [1.29, 1.82) is 0 Å². The molecule has 1 atom stereocenters. The van der Waals surface area contributed by atoms with E-state index in [-0.39, 0.29) is 0 Å². The van der Waals surface area contributed by atoms with Gasteiger partial charge in [0.1, 0.15) is 5.15 Å². The Hall–Kier alpha value is -0.0300. The molecule has 2 rings (SSSR count). The molecule has 0 aliphatic carbocycles. The number of alkyl halides is 1. The molecule has 0 N–H and O–H groups in total. The quantitative estimate of drug-likeness (QED) is 0.770. The second-order valence-corrected chi connectivity index (χ2v) is 5.15. The topological polar surface area (TPSA) is 25.4 Å². The monoisotopic (exact) mass is 266 g/mol. The summed E-state index contributed by atoms with van der Waals surface area (Å²) in [7, 11) is 0. The minimum Gasteiger partial charge on any atom is -0.377 e. The second-order valence-electron chi connectivity index (χ2n) is 3.46. The number of morpholine rings is 1. The Morgan fingerprint density at radius 2 is 2.47 bits per heavy atom. The maximum absolute atomic E-state index is 5.97. The second kappa shape index (κ2) is 4.87. The molecule has 1 aliphatic rings. The molecule has 0 bridgehead atoms. The standard InChI is InChI=1S/C9H12Cl2N2OS/c1-6-5-14-3-2-13(6)9-12-8(11)7(4-10)15-9/h6H,2-5H2,1H3. The highest BCUT2D eigenvalue weighted by Crippen LogP contribution is 2.32. The van der Waals surface area contributed by atoms with Gasteiger partial charge < -0.3 is 9.64 Å². The van der Waals surface area contributed by atoms with Gasteiger partial charge in [-0.25, -0.2) is 4.98 Å². The first-order valence-electron chi connectivity index (χ1n) is 4.78. The van der Waals surface area contributed by atoms with Crippen LogP contribution in [0.1, 0.15) is 11.8 Å². The Balaban J connectivity index is 2.20. The lowest BCUT2D eigenvalue weighted by Gasteiger charge is -2.32. The molecule has 0 amide bonds. The zero-order valence-electron chi connectivity index (χ0n) is 8.37. The molecule has 1 aromatic rings. The molecule has 3 nitrogen and oxygen atoms in total. The molecular formula is C9H12Cl2N2OS. The van der Waals surface area contributed by atoms with Gasteiger partial charge in [0.15, 0.2) is 5.13 Å². The lowest BCUT2D eigenvalue weighted by Crippen LogP contribution is -2.43. The van der Waals surface area contributed by atoms with Crippen molar-refractivity contribution in [3.05, 3.63) is 10.0 Å². The molecule has 0 saturated carbocycles. The number of anilines is 1. The van der Waals surface area contributed by atoms with Crippen molar-refractivity contribution in [2.75, 3.05) is 24.7 Å². The first kappa shape index (κ1) is 11.5. The highest BCUT2D eigenvalue weighted by molar-refractivity contribution is 7.16. The fourth-order valence-electron chi connectivity index (χ4n) is 1.54. The molecule has 2 heterocycles. The zero-order chi connectivity index (χ0) is 10.8. The fraction of sp³-hybridized carbons (Fsp3) is 0.667. The van der Waals surface area contributed by atoms with Gasteiger partial charge in [0, 0.05) is 6.54 Å². The number of hydrogen-bond donors (Lipinski definition) is 0. The van der Waals surface area contributed by atoms with E-state index >= 15 is 0 Å². The Bertz CT molecular complexity index is 345. The normalized spacial score (nSPS) is 22.1. The van der Waals surface area contributed by atoms with Crippen LogP contribution in [0.2, 0.25) is 5.15 Å². The van der Waals surface area contributed by atoms with E-state index in [1.807, 2.05) is 0 Å². The van der Waals surface area contributed by atoms with Crippen LogP contribution in [0.15, 0.2) is 0 Å². The summed E-state index contributed by atoms with van der Waals surface area (Å²) < 4.78 is 5.37. The van der Waals surface area contributed by atoms with Gasteiger partial charge in [-0.05, 0) is 6.92 Å². The van der Waals surface area contributed by atoms with Gasteiger partial charge in [-0.1, -0.05) is 22.9 Å². The molecule has 0 aromatic carbocycles. The van der Waals surface area contributed by atoms with Crippen molar-refractivity contribution in [3.63, 3.8) is 0 Å². The Morgan fingerprint density at radius 1 is 1.67 bits per heavy atom. The van der Waals surface area contributed by atoms with Crippen LogP contribution in [0.25, 0.3) is 0 Å². The maximum atomic E-state index is 5.97. The van der Waals surface area contributed by atoms with Gasteiger partial charge in [-0.15, -0.1) is 11.6 Å². The van der Waals surface area contributed by atoms with E-state index in [4.69, 9.17) is 27.9 Å². The van der Waals surface area contributed by atoms with Crippen LogP contribution >= 0.6 is 34.5 Å². The molecule has 1 aliphatic heterocycles. The van der Waals surface area contributed by atoms with Crippen LogP contribution in [0.4, 0.5) is 5.13 Å². The average Bonchev–Trinajstić information content (AvgIpc) is 2.60. The van der Waals surface area contributed by atoms with Crippen molar-refractivity contribution >= 4 is 39.7 Å². The van der Waals surface area contributed by atoms with Crippen LogP contribution in [-0.2, 0) is 10.6 Å². The average molecular weight is 267 g/mol. The zero-order valence-corrected chi connectivity index (χ0v) is 10.7. The summed E-state index contributed by atoms with van der Waals surface area (Å²) in [5.41, 5.74) is 0. The predicted molar refractivity (Wildman–Crippen MR) is 64.3 cm³/mol. The molecule has 0 radical (unpaired) electrons. The van der Waals surface area contributed by atoms with E-state index in [0.29, 0.717) is 17.1 Å². The van der Waals surface area contributed by atoms with E-state index in [1.165, 1.54) is 0 Å². The molecule has 1 saturated heterocycles. The molecular weight excluding hydrogens is 255 g/mol. The summed E-state index contributed by atoms with van der Waals surface area (Å²) in [6.07, 6.45) is 0. The van der Waals surface area contributed by atoms with E-state index in [1.54, 1.807) is 11.3 Å². The third kappa shape index (κ3) is 2.38. The number of rotatable bonds is 2. The first-order chi connectivity index (χ1) is 7.22. The van der Waals surface area contributed by atoms with Crippen LogP contribution in [-0.4, -0.2) is 30.8 Å². The van der Waals surface area contributed by atoms with E-state index in [0.717, 1.165) is 29.8 Å². The number of aromatic nitrogens is 1. The lowest BCUT2D eigenvalue weighted by atomic mass is 10.3. The van der Waals surface area contributed by atoms with Gasteiger partial charge in [-0.3, -0.25) is 0 Å². The first-order valence-corrected chi connectivity index (χ1v) is 6.51. The molecule has 84 valence electrons. The number of ether oxygens (including phenoxy) is 1. The van der Waals surface area contributed by atoms with E-state index < -0.39 is 0 Å². The Morgan fingerprint density at radius 3 is 3.07 bits per heavy atom. The Labute approximate surface area is 103 Å². The smallest absolute Gasteiger partial charge is 0.187 e. The molecule has 0 spiro atoms. The summed E-state index contributed by atoms with van der Waals surface area (Å²) in [6.45, 7) is 4.48. The minimum absolute atomic E-state index is 0.351. The van der Waals surface area contributed by atoms with Gasteiger partial charge in [0.2, 0.25) is 0 Å². The van der Waals surface area contributed by atoms with Gasteiger partial charge in [0.05, 0.1) is 30.0 Å². The summed E-state index contributed by atoms with van der Waals surface area (Å²) in [6, 6.07) is 0.351. The van der Waals surface area contributed by atoms with Crippen LogP contribution in [0.3, 0.4) is 0 Å². The largest absolute Gasteiger partial charge is 0.377 e. The highest BCUT2D eigenvalue weighted by atomic mass is 35.5. The minimum atomic E-state index is 0.351. The van der Waals surface area contributed by atoms with Crippen LogP contribution in [0, 0.1) is 0 Å². The van der Waals surface area contributed by atoms with Crippen molar-refractivity contribution in [1.82, 2.24) is 4.98 Å². The van der Waals surface area contributed by atoms with E-state index in [9.17, 15) is 0 Å². The van der Waals surface area contributed by atoms with Crippen molar-refractivity contribution in [3.8, 4) is 0 Å². The van der Waals surface area contributed by atoms with Crippen LogP contribution < -0.4 is 4.90 Å². The number of halogens is 2. The summed E-state index contributed by atoms with van der Waals surface area (Å²) in [5, 5.41) is 1.48. The summed E-state index contributed by atoms with van der Waals surface area (Å²) in [5.74, 6) is 0.426. The fourth-order valence-corrected chi connectivity index (χ4v) is 3.14. The van der Waals surface area contributed by atoms with Crippen molar-refractivity contribution in [2.45, 2.75) is 18.8 Å². The SMILES string of the molecule is CC1COCCN1c1nc(Cl)c(CCl)s1. The predicted octanol–water partition coefficient (Wildman–Crippen LogP) is 2.76. The Kier molecular flexibility index (Phi) is 3.72. The van der Waals surface area contributed by atoms with Crippen LogP contribution in [0.5, 0.6) is 0 Å². The third-order valence-electron chi connectivity index (χ3n) is 2.37. The van der Waals surface area contributed by atoms with Crippen molar-refractivity contribution in [2.24, 2.45) is 0 Å². The molecule has 1 aromatic heterocycles. The summed E-state index contributed by atoms with van der Waals surface area (Å²) in [4.78, 5) is 7.48. The van der Waals surface area contributed by atoms with Gasteiger partial charge in [-0.2, -0.15) is 0 Å². The number of hydrogen-bond acceptors (Lipinski definition) is 4. The maximum Gasteiger partial charge on any atom is 0.187 e. The number of thiazole rings is 1. The van der Waals surface area contributed by atoms with Crippen molar-refractivity contribution < 1.29 is 4.74 Å². The summed E-state index contributed by atoms with van der Waals surface area (Å²) >= 11 is 13.3. The third-order valence-corrected chi connectivity index (χ3v) is 4.32. The molecule has 15 heavy (non-hydrogen) atoms. The molecule has 1 fully saturated rings. The number of nitrogens with zero attached hydrogens (tertiary/aromatic N) is 2. The lowest BCUT2D eigenvalue weighted by molar-refractivity contribution is 0.0989. The van der Waals surface area contributed by atoms with Gasteiger partial charge >= 0.3 is 0 Å². The molecule has 1 unspecified atom stereocenters. The molecule has 6 heteroatoms. The highest BCUT2D eigenvalue weighted by Gasteiger charge is 2.22.